The van der Waals surface area contributed by atoms with Crippen LogP contribution in [0, 0.1) is 0 Å². The smallest absolute Gasteiger partial charge is 0.258 e. The van der Waals surface area contributed by atoms with E-state index < -0.39 is 5.91 Å². The van der Waals surface area contributed by atoms with Crippen molar-refractivity contribution in [3.63, 3.8) is 0 Å². The molecule has 0 saturated heterocycles. The first-order valence-electron chi connectivity index (χ1n) is 5.11. The summed E-state index contributed by atoms with van der Waals surface area (Å²) in [7, 11) is 0. The number of hydrogen-bond acceptors (Lipinski definition) is 4. The van der Waals surface area contributed by atoms with Gasteiger partial charge in [0.1, 0.15) is 5.82 Å². The van der Waals surface area contributed by atoms with Crippen LogP contribution in [0.15, 0.2) is 29.1 Å². The van der Waals surface area contributed by atoms with Crippen LogP contribution in [0.1, 0.15) is 12.2 Å². The Kier molecular flexibility index (Phi) is 3.15. The fraction of sp³-hybridized carbons (Fsp3) is 0.182. The number of carbonyl (C=O) groups excluding carboxylic acids is 1. The highest BCUT2D eigenvalue weighted by Gasteiger charge is 2.05. The average molecular weight is 233 g/mol. The lowest BCUT2D eigenvalue weighted by Crippen LogP contribution is -2.20. The van der Waals surface area contributed by atoms with E-state index in [0.29, 0.717) is 16.7 Å². The lowest BCUT2D eigenvalue weighted by molar-refractivity contribution is -0.129. The van der Waals surface area contributed by atoms with Gasteiger partial charge in [0, 0.05) is 12.8 Å². The minimum atomic E-state index is -0.513. The second-order valence-electron chi connectivity index (χ2n) is 3.56. The maximum Gasteiger partial charge on any atom is 0.258 e. The van der Waals surface area contributed by atoms with E-state index in [1.54, 1.807) is 24.3 Å². The molecule has 0 aliphatic rings. The van der Waals surface area contributed by atoms with Crippen LogP contribution in [0.2, 0.25) is 0 Å². The van der Waals surface area contributed by atoms with Gasteiger partial charge in [-0.2, -0.15) is 0 Å². The Morgan fingerprint density at radius 1 is 1.41 bits per heavy atom. The number of nitrogens with one attached hydrogen (secondary N) is 2. The zero-order valence-electron chi connectivity index (χ0n) is 8.93. The number of hydroxylamine groups is 1. The molecule has 1 amide bonds. The van der Waals surface area contributed by atoms with E-state index in [0.717, 1.165) is 0 Å². The summed E-state index contributed by atoms with van der Waals surface area (Å²) in [6, 6.07) is 6.97. The Hall–Kier alpha value is -2.21. The van der Waals surface area contributed by atoms with Crippen LogP contribution in [0.25, 0.3) is 10.9 Å². The molecule has 6 nitrogen and oxygen atoms in total. The fourth-order valence-corrected chi connectivity index (χ4v) is 1.54. The molecule has 0 saturated carbocycles. The third-order valence-corrected chi connectivity index (χ3v) is 2.38. The number of carbonyl (C=O) groups is 1. The minimum Gasteiger partial charge on any atom is -0.310 e. The van der Waals surface area contributed by atoms with Crippen LogP contribution >= 0.6 is 0 Å². The van der Waals surface area contributed by atoms with Gasteiger partial charge in [-0.3, -0.25) is 14.8 Å². The lowest BCUT2D eigenvalue weighted by atomic mass is 10.2. The molecule has 0 spiro atoms. The maximum absolute atomic E-state index is 11.7. The molecule has 3 N–H and O–H groups in total. The van der Waals surface area contributed by atoms with Crippen molar-refractivity contribution in [1.29, 1.82) is 0 Å². The summed E-state index contributed by atoms with van der Waals surface area (Å²) in [5.41, 5.74) is 1.89. The van der Waals surface area contributed by atoms with Crippen LogP contribution in [0.5, 0.6) is 0 Å². The van der Waals surface area contributed by atoms with E-state index in [1.165, 1.54) is 5.48 Å². The molecule has 0 bridgehead atoms. The normalized spacial score (nSPS) is 10.4. The zero-order valence-corrected chi connectivity index (χ0v) is 8.93. The van der Waals surface area contributed by atoms with Crippen LogP contribution < -0.4 is 11.0 Å². The number of rotatable bonds is 3. The number of aromatic nitrogens is 2. The first kappa shape index (κ1) is 11.3. The van der Waals surface area contributed by atoms with Crippen molar-refractivity contribution in [2.24, 2.45) is 0 Å². The summed E-state index contributed by atoms with van der Waals surface area (Å²) in [5.74, 6) is -0.0851. The molecule has 1 aromatic carbocycles. The van der Waals surface area contributed by atoms with Gasteiger partial charge in [-0.15, -0.1) is 0 Å². The Balaban J connectivity index is 2.31. The molecule has 0 aliphatic carbocycles. The molecular weight excluding hydrogens is 222 g/mol. The molecule has 88 valence electrons. The molecule has 1 aromatic heterocycles. The van der Waals surface area contributed by atoms with E-state index in [-0.39, 0.29) is 18.4 Å². The predicted molar refractivity (Wildman–Crippen MR) is 60.6 cm³/mol. The molecule has 2 rings (SSSR count). The number of fused-ring (bicyclic) bond motifs is 1. The highest BCUT2D eigenvalue weighted by molar-refractivity contribution is 5.77. The molecule has 2 aromatic rings. The van der Waals surface area contributed by atoms with Gasteiger partial charge in [0.2, 0.25) is 5.91 Å². The van der Waals surface area contributed by atoms with Crippen LogP contribution in [-0.4, -0.2) is 21.1 Å². The summed E-state index contributed by atoms with van der Waals surface area (Å²) < 4.78 is 0. The zero-order chi connectivity index (χ0) is 12.3. The Morgan fingerprint density at radius 3 is 2.94 bits per heavy atom. The first-order chi connectivity index (χ1) is 8.20. The topological polar surface area (TPSA) is 95.1 Å². The molecule has 0 radical (unpaired) electrons. The van der Waals surface area contributed by atoms with Crippen molar-refractivity contribution >= 4 is 16.8 Å². The molecule has 6 heteroatoms. The van der Waals surface area contributed by atoms with E-state index >= 15 is 0 Å². The van der Waals surface area contributed by atoms with E-state index in [2.05, 4.69) is 9.97 Å². The average Bonchev–Trinajstić information content (AvgIpc) is 2.36. The highest BCUT2D eigenvalue weighted by atomic mass is 16.5. The number of para-hydroxylation sites is 1. The van der Waals surface area contributed by atoms with Crippen LogP contribution in [0.4, 0.5) is 0 Å². The SMILES string of the molecule is O=C(CCc1nc2ccccc2c(=O)[nH]1)NO. The number of benzene rings is 1. The lowest BCUT2D eigenvalue weighted by Gasteiger charge is -2.02. The Morgan fingerprint density at radius 2 is 2.18 bits per heavy atom. The number of amides is 1. The van der Waals surface area contributed by atoms with Gasteiger partial charge in [-0.1, -0.05) is 12.1 Å². The summed E-state index contributed by atoms with van der Waals surface area (Å²) in [4.78, 5) is 29.3. The van der Waals surface area contributed by atoms with Crippen LogP contribution in [-0.2, 0) is 11.2 Å². The van der Waals surface area contributed by atoms with Crippen LogP contribution in [0.3, 0.4) is 0 Å². The molecular formula is C11H11N3O3. The number of hydrogen-bond donors (Lipinski definition) is 3. The minimum absolute atomic E-state index is 0.0672. The van der Waals surface area contributed by atoms with E-state index in [1.807, 2.05) is 0 Å². The largest absolute Gasteiger partial charge is 0.310 e. The first-order valence-corrected chi connectivity index (χ1v) is 5.11. The Bertz CT molecular complexity index is 606. The molecule has 17 heavy (non-hydrogen) atoms. The monoisotopic (exact) mass is 233 g/mol. The summed E-state index contributed by atoms with van der Waals surface area (Å²) >= 11 is 0. The quantitative estimate of drug-likeness (QED) is 0.527. The van der Waals surface area contributed by atoms with Gasteiger partial charge in [0.25, 0.3) is 5.56 Å². The number of H-pyrrole nitrogens is 1. The third-order valence-electron chi connectivity index (χ3n) is 2.38. The van der Waals surface area contributed by atoms with E-state index in [4.69, 9.17) is 5.21 Å². The molecule has 0 unspecified atom stereocenters. The molecule has 1 heterocycles. The van der Waals surface area contributed by atoms with Crippen molar-refractivity contribution < 1.29 is 10.0 Å². The fourth-order valence-electron chi connectivity index (χ4n) is 1.54. The van der Waals surface area contributed by atoms with Gasteiger partial charge < -0.3 is 4.98 Å². The summed E-state index contributed by atoms with van der Waals surface area (Å²) in [6.07, 6.45) is 0.338. The van der Waals surface area contributed by atoms with Crippen molar-refractivity contribution in [2.75, 3.05) is 0 Å². The van der Waals surface area contributed by atoms with Crippen molar-refractivity contribution in [3.8, 4) is 0 Å². The van der Waals surface area contributed by atoms with E-state index in [9.17, 15) is 9.59 Å². The number of aromatic amines is 1. The standard InChI is InChI=1S/C11H11N3O3/c15-10(14-17)6-5-9-12-8-4-2-1-3-7(8)11(16)13-9/h1-4,17H,5-6H2,(H,14,15)(H,12,13,16). The summed E-state index contributed by atoms with van der Waals surface area (Å²) in [5, 5.41) is 8.86. The number of aryl methyl sites for hydroxylation is 1. The Labute approximate surface area is 96.3 Å². The summed E-state index contributed by atoms with van der Waals surface area (Å²) in [6.45, 7) is 0. The highest BCUT2D eigenvalue weighted by Crippen LogP contribution is 2.06. The van der Waals surface area contributed by atoms with Gasteiger partial charge >= 0.3 is 0 Å². The van der Waals surface area contributed by atoms with Gasteiger partial charge in [0.05, 0.1) is 10.9 Å². The molecule has 0 fully saturated rings. The predicted octanol–water partition coefficient (Wildman–Crippen LogP) is 0.361. The maximum atomic E-state index is 11.7. The molecule has 0 aliphatic heterocycles. The second-order valence-corrected chi connectivity index (χ2v) is 3.56. The van der Waals surface area contributed by atoms with Gasteiger partial charge in [-0.05, 0) is 12.1 Å². The number of nitrogens with zero attached hydrogens (tertiary/aromatic N) is 1. The second kappa shape index (κ2) is 4.75. The third kappa shape index (κ3) is 2.48. The van der Waals surface area contributed by atoms with Gasteiger partial charge in [0.15, 0.2) is 0 Å². The van der Waals surface area contributed by atoms with Crippen molar-refractivity contribution in [2.45, 2.75) is 12.8 Å². The van der Waals surface area contributed by atoms with Gasteiger partial charge in [-0.25, -0.2) is 10.5 Å². The van der Waals surface area contributed by atoms with Crippen molar-refractivity contribution in [3.05, 3.63) is 40.4 Å². The van der Waals surface area contributed by atoms with Crippen molar-refractivity contribution in [1.82, 2.24) is 15.4 Å². The molecule has 0 atom stereocenters.